The number of benzene rings is 2. The Bertz CT molecular complexity index is 1050. The number of nitrogens with one attached hydrogen (secondary N) is 3. The maximum absolute atomic E-state index is 12.2. The normalized spacial score (nSPS) is 15.0. The molecule has 0 spiro atoms. The van der Waals surface area contributed by atoms with Gasteiger partial charge in [0.05, 0.1) is 18.9 Å². The van der Waals surface area contributed by atoms with E-state index in [2.05, 4.69) is 37.1 Å². The lowest BCUT2D eigenvalue weighted by Crippen LogP contribution is -2.41. The molecule has 1 aliphatic rings. The third-order valence-electron chi connectivity index (χ3n) is 4.85. The average molecular weight is 547 g/mol. The number of nitrogens with zero attached hydrogens (tertiary/aromatic N) is 1. The van der Waals surface area contributed by atoms with Crippen molar-refractivity contribution in [1.29, 1.82) is 0 Å². The van der Waals surface area contributed by atoms with Gasteiger partial charge in [-0.15, -0.1) is 0 Å². The van der Waals surface area contributed by atoms with E-state index in [4.69, 9.17) is 14.2 Å². The molecule has 186 valence electrons. The van der Waals surface area contributed by atoms with Crippen molar-refractivity contribution in [2.45, 2.75) is 25.9 Å². The van der Waals surface area contributed by atoms with Crippen LogP contribution in [0.15, 0.2) is 52.0 Å². The van der Waals surface area contributed by atoms with Gasteiger partial charge in [0, 0.05) is 23.3 Å². The Hall–Kier alpha value is -3.44. The monoisotopic (exact) mass is 546 g/mol. The molecule has 1 saturated heterocycles. The smallest absolute Gasteiger partial charge is 0.329 e. The first-order valence-electron chi connectivity index (χ1n) is 11.1. The highest BCUT2D eigenvalue weighted by atomic mass is 79.9. The summed E-state index contributed by atoms with van der Waals surface area (Å²) >= 11 is 3.35. The molecule has 11 heteroatoms. The summed E-state index contributed by atoms with van der Waals surface area (Å²) in [7, 11) is 0. The van der Waals surface area contributed by atoms with Gasteiger partial charge in [-0.05, 0) is 67.8 Å². The van der Waals surface area contributed by atoms with Gasteiger partial charge in [0.2, 0.25) is 0 Å². The largest absolute Gasteiger partial charge is 0.490 e. The molecule has 10 nitrogen and oxygen atoms in total. The van der Waals surface area contributed by atoms with Gasteiger partial charge in [-0.25, -0.2) is 5.43 Å². The molecule has 2 aromatic carbocycles. The molecule has 1 atom stereocenters. The predicted molar refractivity (Wildman–Crippen MR) is 134 cm³/mol. The average Bonchev–Trinajstić information content (AvgIpc) is 3.37. The van der Waals surface area contributed by atoms with E-state index in [1.165, 1.54) is 6.21 Å². The Balaban J connectivity index is 1.50. The van der Waals surface area contributed by atoms with Gasteiger partial charge < -0.3 is 24.8 Å². The minimum absolute atomic E-state index is 0.0557. The van der Waals surface area contributed by atoms with E-state index < -0.39 is 11.8 Å². The van der Waals surface area contributed by atoms with Crippen molar-refractivity contribution in [1.82, 2.24) is 10.7 Å². The van der Waals surface area contributed by atoms with Gasteiger partial charge in [-0.3, -0.25) is 14.4 Å². The zero-order valence-electron chi connectivity index (χ0n) is 19.2. The molecule has 35 heavy (non-hydrogen) atoms. The van der Waals surface area contributed by atoms with Crippen molar-refractivity contribution in [3.63, 3.8) is 0 Å². The summed E-state index contributed by atoms with van der Waals surface area (Å²) in [4.78, 5) is 36.0. The molecule has 2 aromatic rings. The molecule has 1 fully saturated rings. The number of carbonyl (C=O) groups excluding carboxylic acids is 3. The molecule has 3 N–H and O–H groups in total. The second-order valence-corrected chi connectivity index (χ2v) is 8.44. The van der Waals surface area contributed by atoms with Gasteiger partial charge in [-0.2, -0.15) is 5.10 Å². The molecule has 0 saturated carbocycles. The number of anilines is 1. The van der Waals surface area contributed by atoms with Crippen molar-refractivity contribution in [2.75, 3.05) is 31.7 Å². The fourth-order valence-corrected chi connectivity index (χ4v) is 3.44. The molecule has 1 heterocycles. The summed E-state index contributed by atoms with van der Waals surface area (Å²) in [5, 5.41) is 9.09. The summed E-state index contributed by atoms with van der Waals surface area (Å²) in [5.74, 6) is -1.18. The van der Waals surface area contributed by atoms with Crippen molar-refractivity contribution < 1.29 is 28.6 Å². The number of hydrogen-bond acceptors (Lipinski definition) is 7. The summed E-state index contributed by atoms with van der Waals surface area (Å²) in [6, 6.07) is 12.2. The van der Waals surface area contributed by atoms with Crippen molar-refractivity contribution in [3.05, 3.63) is 52.5 Å². The lowest BCUT2D eigenvalue weighted by Gasteiger charge is -2.12. The molecule has 0 unspecified atom stereocenters. The molecule has 3 amide bonds. The number of hydrazone groups is 1. The number of amides is 3. The molecule has 0 bridgehead atoms. The van der Waals surface area contributed by atoms with Crippen LogP contribution < -0.4 is 25.5 Å². The predicted octanol–water partition coefficient (Wildman–Crippen LogP) is 2.61. The zero-order chi connectivity index (χ0) is 25.0. The van der Waals surface area contributed by atoms with Gasteiger partial charge in [0.25, 0.3) is 5.91 Å². The number of hydrogen-bond donors (Lipinski definition) is 3. The summed E-state index contributed by atoms with van der Waals surface area (Å²) in [5.41, 5.74) is 3.44. The van der Waals surface area contributed by atoms with Crippen LogP contribution >= 0.6 is 15.9 Å². The van der Waals surface area contributed by atoms with Crippen LogP contribution in [0.5, 0.6) is 11.5 Å². The van der Waals surface area contributed by atoms with E-state index >= 15 is 0 Å². The van der Waals surface area contributed by atoms with Crippen molar-refractivity contribution in [2.24, 2.45) is 5.10 Å². The highest BCUT2D eigenvalue weighted by molar-refractivity contribution is 9.10. The van der Waals surface area contributed by atoms with E-state index in [1.807, 2.05) is 19.1 Å². The van der Waals surface area contributed by atoms with Crippen LogP contribution in [0.1, 0.15) is 25.3 Å². The lowest BCUT2D eigenvalue weighted by atomic mass is 10.2. The topological polar surface area (TPSA) is 127 Å². The zero-order valence-corrected chi connectivity index (χ0v) is 20.8. The minimum Gasteiger partial charge on any atom is -0.490 e. The summed E-state index contributed by atoms with van der Waals surface area (Å²) in [6.07, 6.45) is 3.12. The maximum Gasteiger partial charge on any atom is 0.329 e. The molecule has 0 radical (unpaired) electrons. The molecular weight excluding hydrogens is 520 g/mol. The molecule has 0 aromatic heterocycles. The second-order valence-electron chi connectivity index (χ2n) is 7.53. The van der Waals surface area contributed by atoms with Crippen LogP contribution in [0, 0.1) is 0 Å². The number of rotatable bonds is 10. The minimum atomic E-state index is -0.874. The van der Waals surface area contributed by atoms with Crippen LogP contribution in [0.25, 0.3) is 0 Å². The van der Waals surface area contributed by atoms with E-state index in [9.17, 15) is 14.4 Å². The standard InChI is InChI=1S/C24H27BrN4O6/c1-2-33-21-12-16(13-27-29-24(32)23(31)26-14-19-4-3-11-34-19)5-10-20(21)35-15-22(30)28-18-8-6-17(25)7-9-18/h5-10,12-13,19H,2-4,11,14-15H2,1H3,(H,26,31)(H,28,30)(H,29,32)/b27-13-/t19-/m0/s1. The van der Waals surface area contributed by atoms with Gasteiger partial charge in [0.15, 0.2) is 18.1 Å². The van der Waals surface area contributed by atoms with Gasteiger partial charge >= 0.3 is 11.8 Å². The van der Waals surface area contributed by atoms with Crippen LogP contribution in [-0.4, -0.2) is 56.4 Å². The first-order valence-corrected chi connectivity index (χ1v) is 11.9. The van der Waals surface area contributed by atoms with E-state index in [1.54, 1.807) is 30.3 Å². The summed E-state index contributed by atoms with van der Waals surface area (Å²) < 4.78 is 17.5. The highest BCUT2D eigenvalue weighted by Gasteiger charge is 2.19. The second kappa shape index (κ2) is 13.4. The molecular formula is C24H27BrN4O6. The van der Waals surface area contributed by atoms with Crippen molar-refractivity contribution >= 4 is 45.6 Å². The first-order chi connectivity index (χ1) is 16.9. The Labute approximate surface area is 211 Å². The van der Waals surface area contributed by atoms with Crippen LogP contribution in [0.4, 0.5) is 5.69 Å². The van der Waals surface area contributed by atoms with Crippen LogP contribution in [0.3, 0.4) is 0 Å². The van der Waals surface area contributed by atoms with Crippen LogP contribution in [0.2, 0.25) is 0 Å². The highest BCUT2D eigenvalue weighted by Crippen LogP contribution is 2.28. The fraction of sp³-hybridized carbons (Fsp3) is 0.333. The third-order valence-corrected chi connectivity index (χ3v) is 5.38. The van der Waals surface area contributed by atoms with E-state index in [0.717, 1.165) is 17.3 Å². The lowest BCUT2D eigenvalue weighted by molar-refractivity contribution is -0.139. The Kier molecular flexibility index (Phi) is 10.1. The summed E-state index contributed by atoms with van der Waals surface area (Å²) in [6.45, 7) is 2.95. The Morgan fingerprint density at radius 3 is 2.63 bits per heavy atom. The molecule has 0 aliphatic carbocycles. The Morgan fingerprint density at radius 2 is 1.91 bits per heavy atom. The number of halogens is 1. The van der Waals surface area contributed by atoms with Crippen LogP contribution in [-0.2, 0) is 19.1 Å². The Morgan fingerprint density at radius 1 is 1.11 bits per heavy atom. The fourth-order valence-electron chi connectivity index (χ4n) is 3.17. The number of carbonyl (C=O) groups is 3. The molecule has 1 aliphatic heterocycles. The third kappa shape index (κ3) is 8.69. The number of ether oxygens (including phenoxy) is 3. The quantitative estimate of drug-likeness (QED) is 0.239. The van der Waals surface area contributed by atoms with E-state index in [0.29, 0.717) is 36.0 Å². The van der Waals surface area contributed by atoms with Crippen molar-refractivity contribution in [3.8, 4) is 11.5 Å². The van der Waals surface area contributed by atoms with Gasteiger partial charge in [0.1, 0.15) is 0 Å². The SMILES string of the molecule is CCOc1cc(/C=N\NC(=O)C(=O)NC[C@@H]2CCCO2)ccc1OCC(=O)Nc1ccc(Br)cc1. The maximum atomic E-state index is 12.2. The van der Waals surface area contributed by atoms with E-state index in [-0.39, 0.29) is 25.2 Å². The van der Waals surface area contributed by atoms with Gasteiger partial charge in [-0.1, -0.05) is 15.9 Å². The first kappa shape index (κ1) is 26.2. The molecule has 3 rings (SSSR count).